The van der Waals surface area contributed by atoms with Gasteiger partial charge in [-0.1, -0.05) is 48.6 Å². The summed E-state index contributed by atoms with van der Waals surface area (Å²) >= 11 is 1.77. The van der Waals surface area contributed by atoms with Crippen LogP contribution < -0.4 is 4.57 Å². The van der Waals surface area contributed by atoms with Gasteiger partial charge in [0.2, 0.25) is 5.51 Å². The second-order valence-electron chi connectivity index (χ2n) is 10.8. The number of carbonyl (C=O) groups excluding carboxylic acids is 1. The highest BCUT2D eigenvalue weighted by Crippen LogP contribution is 2.66. The number of esters is 1. The second kappa shape index (κ2) is 7.78. The van der Waals surface area contributed by atoms with Crippen molar-refractivity contribution in [2.24, 2.45) is 22.7 Å². The van der Waals surface area contributed by atoms with Crippen molar-refractivity contribution in [3.63, 3.8) is 0 Å². The first-order chi connectivity index (χ1) is 14.4. The minimum Gasteiger partial charge on any atom is -0.465 e. The van der Waals surface area contributed by atoms with E-state index in [-0.39, 0.29) is 11.4 Å². The molecule has 1 aromatic heterocycles. The molecular formula is C26H34NO2S+. The summed E-state index contributed by atoms with van der Waals surface area (Å²) in [5.41, 5.74) is 5.52. The molecule has 2 unspecified atom stereocenters. The Morgan fingerprint density at radius 3 is 2.60 bits per heavy atom. The third-order valence-corrected chi connectivity index (χ3v) is 9.08. The van der Waals surface area contributed by atoms with Crippen LogP contribution in [-0.2, 0) is 22.5 Å². The molecule has 4 aliphatic rings. The highest BCUT2D eigenvalue weighted by Gasteiger charge is 2.56. The predicted octanol–water partition coefficient (Wildman–Crippen LogP) is 5.47. The van der Waals surface area contributed by atoms with Gasteiger partial charge in [0.1, 0.15) is 0 Å². The maximum atomic E-state index is 12.7. The van der Waals surface area contributed by atoms with E-state index in [2.05, 4.69) is 54.3 Å². The van der Waals surface area contributed by atoms with Gasteiger partial charge in [-0.2, -0.15) is 4.57 Å². The molecule has 1 aromatic carbocycles. The lowest BCUT2D eigenvalue weighted by atomic mass is 9.44. The molecule has 0 spiro atoms. The minimum atomic E-state index is 0.0342. The van der Waals surface area contributed by atoms with Crippen molar-refractivity contribution < 1.29 is 14.1 Å². The standard InChI is InChI=1S/C26H34NO2S/c1-19-23(30-18-27(19)16-20-6-4-3-5-7-20)8-9-29-24(28)15-26-13-21-10-22(14-26)12-25(2,11-21)17-26/h3-7,18,21-22H,8-17H2,1-2H3/q+1/t21-,22+,25?,26?. The lowest BCUT2D eigenvalue weighted by Crippen LogP contribution is -2.51. The molecule has 4 heteroatoms. The third-order valence-electron chi connectivity index (χ3n) is 7.94. The molecule has 0 radical (unpaired) electrons. The van der Waals surface area contributed by atoms with Crippen molar-refractivity contribution in [3.05, 3.63) is 52.0 Å². The number of benzene rings is 1. The number of nitrogens with zero attached hydrogens (tertiary/aromatic N) is 1. The van der Waals surface area contributed by atoms with Gasteiger partial charge in [0, 0.05) is 18.9 Å². The van der Waals surface area contributed by atoms with E-state index in [9.17, 15) is 4.79 Å². The Balaban J connectivity index is 1.14. The molecule has 4 atom stereocenters. The Morgan fingerprint density at radius 2 is 1.90 bits per heavy atom. The van der Waals surface area contributed by atoms with Crippen LogP contribution in [0.4, 0.5) is 0 Å². The van der Waals surface area contributed by atoms with E-state index in [0.717, 1.165) is 24.8 Å². The topological polar surface area (TPSA) is 30.2 Å². The van der Waals surface area contributed by atoms with E-state index in [1.165, 1.54) is 54.7 Å². The normalized spacial score (nSPS) is 31.8. The van der Waals surface area contributed by atoms with Crippen molar-refractivity contribution in [3.8, 4) is 0 Å². The lowest BCUT2D eigenvalue weighted by Gasteiger charge is -2.61. The smallest absolute Gasteiger partial charge is 0.306 e. The van der Waals surface area contributed by atoms with Crippen LogP contribution in [0.1, 0.15) is 68.0 Å². The Morgan fingerprint density at radius 1 is 1.17 bits per heavy atom. The summed E-state index contributed by atoms with van der Waals surface area (Å²) in [5, 5.41) is 0. The third kappa shape index (κ3) is 4.08. The second-order valence-corrected chi connectivity index (χ2v) is 11.7. The van der Waals surface area contributed by atoms with Crippen molar-refractivity contribution in [1.29, 1.82) is 0 Å². The molecule has 0 aliphatic heterocycles. The van der Waals surface area contributed by atoms with E-state index in [1.807, 2.05) is 0 Å². The van der Waals surface area contributed by atoms with Crippen LogP contribution in [0.25, 0.3) is 0 Å². The number of aromatic nitrogens is 1. The molecule has 6 rings (SSSR count). The van der Waals surface area contributed by atoms with E-state index in [1.54, 1.807) is 11.3 Å². The highest BCUT2D eigenvalue weighted by atomic mass is 32.1. The molecule has 0 amide bonds. The van der Waals surface area contributed by atoms with Gasteiger partial charge in [0.05, 0.1) is 17.9 Å². The van der Waals surface area contributed by atoms with Crippen molar-refractivity contribution in [2.75, 3.05) is 6.61 Å². The van der Waals surface area contributed by atoms with E-state index in [0.29, 0.717) is 18.4 Å². The monoisotopic (exact) mass is 424 g/mol. The Kier molecular flexibility index (Phi) is 5.25. The molecule has 4 bridgehead atoms. The van der Waals surface area contributed by atoms with E-state index >= 15 is 0 Å². The van der Waals surface area contributed by atoms with Crippen molar-refractivity contribution >= 4 is 17.3 Å². The lowest BCUT2D eigenvalue weighted by molar-refractivity contribution is -0.689. The van der Waals surface area contributed by atoms with Gasteiger partial charge in [-0.05, 0) is 61.2 Å². The number of carbonyl (C=O) groups is 1. The minimum absolute atomic E-state index is 0.0342. The number of hydrogen-bond acceptors (Lipinski definition) is 3. The summed E-state index contributed by atoms with van der Waals surface area (Å²) in [4.78, 5) is 14.0. The highest BCUT2D eigenvalue weighted by molar-refractivity contribution is 7.09. The van der Waals surface area contributed by atoms with Crippen LogP contribution in [0.15, 0.2) is 35.8 Å². The van der Waals surface area contributed by atoms with Gasteiger partial charge in [0.15, 0.2) is 12.2 Å². The van der Waals surface area contributed by atoms with Gasteiger partial charge >= 0.3 is 5.97 Å². The number of ether oxygens (including phenoxy) is 1. The summed E-state index contributed by atoms with van der Waals surface area (Å²) in [6.45, 7) is 6.04. The molecule has 3 nitrogen and oxygen atoms in total. The maximum absolute atomic E-state index is 12.7. The Bertz CT molecular complexity index is 904. The molecule has 4 fully saturated rings. The van der Waals surface area contributed by atoms with Gasteiger partial charge < -0.3 is 4.74 Å². The predicted molar refractivity (Wildman–Crippen MR) is 119 cm³/mol. The fraction of sp³-hybridized carbons (Fsp3) is 0.615. The summed E-state index contributed by atoms with van der Waals surface area (Å²) in [7, 11) is 0. The Labute approximate surface area is 184 Å². The van der Waals surface area contributed by atoms with E-state index in [4.69, 9.17) is 4.74 Å². The van der Waals surface area contributed by atoms with Gasteiger partial charge in [-0.15, -0.1) is 0 Å². The first kappa shape index (κ1) is 20.2. The quantitative estimate of drug-likeness (QED) is 0.435. The largest absolute Gasteiger partial charge is 0.465 e. The SMILES string of the molecule is Cc1c(CCOC(=O)CC23C[C@@H]4C[C@@H](CC(C)(C4)C2)C3)sc[n+]1Cc1ccccc1. The molecule has 0 N–H and O–H groups in total. The molecule has 0 saturated heterocycles. The van der Waals surface area contributed by atoms with Crippen LogP contribution in [0.3, 0.4) is 0 Å². The average Bonchev–Trinajstić information content (AvgIpc) is 3.00. The number of hydrogen-bond donors (Lipinski definition) is 0. The number of thiazole rings is 1. The first-order valence-electron chi connectivity index (χ1n) is 11.6. The molecule has 4 aliphatic carbocycles. The van der Waals surface area contributed by atoms with Crippen molar-refractivity contribution in [2.45, 2.75) is 71.8 Å². The Hall–Kier alpha value is -1.68. The molecule has 4 saturated carbocycles. The first-order valence-corrected chi connectivity index (χ1v) is 12.5. The van der Waals surface area contributed by atoms with Crippen LogP contribution in [0, 0.1) is 29.6 Å². The van der Waals surface area contributed by atoms with Gasteiger partial charge in [-0.3, -0.25) is 4.79 Å². The van der Waals surface area contributed by atoms with Gasteiger partial charge in [0.25, 0.3) is 0 Å². The van der Waals surface area contributed by atoms with Crippen LogP contribution in [0.2, 0.25) is 0 Å². The number of rotatable bonds is 7. The summed E-state index contributed by atoms with van der Waals surface area (Å²) in [6, 6.07) is 10.6. The maximum Gasteiger partial charge on any atom is 0.306 e. The molecular weight excluding hydrogens is 390 g/mol. The summed E-state index contributed by atoms with van der Waals surface area (Å²) in [5.74, 6) is 1.75. The van der Waals surface area contributed by atoms with Crippen LogP contribution in [-0.4, -0.2) is 12.6 Å². The van der Waals surface area contributed by atoms with E-state index < -0.39 is 0 Å². The van der Waals surface area contributed by atoms with Crippen LogP contribution in [0.5, 0.6) is 0 Å². The zero-order valence-electron chi connectivity index (χ0n) is 18.4. The zero-order valence-corrected chi connectivity index (χ0v) is 19.2. The fourth-order valence-corrected chi connectivity index (χ4v) is 8.35. The fourth-order valence-electron chi connectivity index (χ4n) is 7.38. The van der Waals surface area contributed by atoms with Gasteiger partial charge in [-0.25, -0.2) is 0 Å². The zero-order chi connectivity index (χ0) is 20.8. The molecule has 30 heavy (non-hydrogen) atoms. The average molecular weight is 425 g/mol. The molecule has 1 heterocycles. The molecule has 2 aromatic rings. The molecule has 160 valence electrons. The van der Waals surface area contributed by atoms with Crippen LogP contribution >= 0.6 is 11.3 Å². The summed E-state index contributed by atoms with van der Waals surface area (Å²) < 4.78 is 8.06. The summed E-state index contributed by atoms with van der Waals surface area (Å²) in [6.07, 6.45) is 9.42. The van der Waals surface area contributed by atoms with Crippen molar-refractivity contribution in [1.82, 2.24) is 0 Å².